The number of carbonyl (C=O) groups is 2. The zero-order chi connectivity index (χ0) is 11.7. The van der Waals surface area contributed by atoms with Crippen LogP contribution in [0.2, 0.25) is 0 Å². The normalized spacial score (nSPS) is 11.6. The third-order valence-electron chi connectivity index (χ3n) is 1.69. The van der Waals surface area contributed by atoms with Crippen molar-refractivity contribution in [3.05, 3.63) is 12.7 Å². The molecule has 5 heteroatoms. The first kappa shape index (κ1) is 13.6. The summed E-state index contributed by atoms with van der Waals surface area (Å²) in [6, 6.07) is 0. The molecule has 0 fully saturated rings. The average Bonchev–Trinajstić information content (AvgIpc) is 2.25. The van der Waals surface area contributed by atoms with Crippen molar-refractivity contribution >= 4 is 11.9 Å². The van der Waals surface area contributed by atoms with Gasteiger partial charge in [-0.2, -0.15) is 0 Å². The minimum atomic E-state index is -0.574. The fraction of sp³-hybridized carbons (Fsp3) is 0.600. The first-order valence-corrected chi connectivity index (χ1v) is 4.68. The molecule has 5 nitrogen and oxygen atoms in total. The van der Waals surface area contributed by atoms with Gasteiger partial charge in [0.15, 0.2) is 0 Å². The Balaban J connectivity index is 3.68. The van der Waals surface area contributed by atoms with Gasteiger partial charge in [-0.1, -0.05) is 6.08 Å². The lowest BCUT2D eigenvalue weighted by atomic mass is 10.3. The van der Waals surface area contributed by atoms with Crippen molar-refractivity contribution in [1.82, 2.24) is 5.32 Å². The number of methoxy groups -OCH3 is 1. The zero-order valence-corrected chi connectivity index (χ0v) is 9.12. The van der Waals surface area contributed by atoms with Crippen LogP contribution < -0.4 is 5.32 Å². The molecule has 86 valence electrons. The summed E-state index contributed by atoms with van der Waals surface area (Å²) in [5, 5.41) is 2.40. The zero-order valence-electron chi connectivity index (χ0n) is 9.12. The lowest BCUT2D eigenvalue weighted by Crippen LogP contribution is -2.38. The van der Waals surface area contributed by atoms with Crippen molar-refractivity contribution in [2.24, 2.45) is 0 Å². The van der Waals surface area contributed by atoms with Crippen LogP contribution >= 0.6 is 0 Å². The van der Waals surface area contributed by atoms with Crippen molar-refractivity contribution in [3.63, 3.8) is 0 Å². The van der Waals surface area contributed by atoms with Gasteiger partial charge in [-0.3, -0.25) is 9.59 Å². The maximum absolute atomic E-state index is 11.3. The summed E-state index contributed by atoms with van der Waals surface area (Å²) in [5.41, 5.74) is 0. The van der Waals surface area contributed by atoms with E-state index in [1.165, 1.54) is 7.11 Å². The molecule has 0 bridgehead atoms. The molecule has 0 saturated carbocycles. The van der Waals surface area contributed by atoms with Crippen molar-refractivity contribution in [2.45, 2.75) is 19.4 Å². The molecule has 0 radical (unpaired) electrons. The van der Waals surface area contributed by atoms with Crippen LogP contribution in [0.5, 0.6) is 0 Å². The van der Waals surface area contributed by atoms with Crippen LogP contribution in [0.1, 0.15) is 13.3 Å². The van der Waals surface area contributed by atoms with Gasteiger partial charge in [0.25, 0.3) is 0 Å². The number of rotatable bonds is 7. The Labute approximate surface area is 89.4 Å². The van der Waals surface area contributed by atoms with Crippen LogP contribution in [-0.4, -0.2) is 38.2 Å². The first-order chi connectivity index (χ1) is 7.11. The fourth-order valence-corrected chi connectivity index (χ4v) is 0.779. The standard InChI is InChI=1S/C10H17NO4/c1-4-5-6-15-8(2)10(13)11-7-9(12)14-3/h4,8H,1,5-7H2,2-3H3,(H,11,13). The molecule has 0 rings (SSSR count). The maximum Gasteiger partial charge on any atom is 0.325 e. The average molecular weight is 215 g/mol. The SMILES string of the molecule is C=CCCOC(C)C(=O)NCC(=O)OC. The van der Waals surface area contributed by atoms with Gasteiger partial charge in [0.1, 0.15) is 12.6 Å². The molecule has 1 N–H and O–H groups in total. The predicted molar refractivity (Wildman–Crippen MR) is 55.3 cm³/mol. The molecule has 1 atom stereocenters. The summed E-state index contributed by atoms with van der Waals surface area (Å²) in [6.07, 6.45) is 1.82. The third kappa shape index (κ3) is 6.68. The molecule has 0 aliphatic heterocycles. The van der Waals surface area contributed by atoms with E-state index in [-0.39, 0.29) is 12.5 Å². The summed E-state index contributed by atoms with van der Waals surface area (Å²) in [7, 11) is 1.26. The molecular weight excluding hydrogens is 198 g/mol. The van der Waals surface area contributed by atoms with Crippen molar-refractivity contribution in [3.8, 4) is 0 Å². The summed E-state index contributed by atoms with van der Waals surface area (Å²) in [6.45, 7) is 5.46. The molecule has 1 amide bonds. The van der Waals surface area contributed by atoms with Crippen molar-refractivity contribution in [2.75, 3.05) is 20.3 Å². The largest absolute Gasteiger partial charge is 0.468 e. The Morgan fingerprint density at radius 3 is 2.73 bits per heavy atom. The highest BCUT2D eigenvalue weighted by molar-refractivity contribution is 5.84. The Bertz CT molecular complexity index is 227. The van der Waals surface area contributed by atoms with Crippen molar-refractivity contribution in [1.29, 1.82) is 0 Å². The van der Waals surface area contributed by atoms with Gasteiger partial charge in [-0.25, -0.2) is 0 Å². The summed E-state index contributed by atoms with van der Waals surface area (Å²) in [4.78, 5) is 22.0. The van der Waals surface area contributed by atoms with E-state index in [9.17, 15) is 9.59 Å². The molecule has 0 aromatic heterocycles. The molecule has 0 aliphatic rings. The molecule has 0 heterocycles. The molecule has 0 saturated heterocycles. The highest BCUT2D eigenvalue weighted by atomic mass is 16.5. The van der Waals surface area contributed by atoms with E-state index >= 15 is 0 Å². The number of hydrogen-bond donors (Lipinski definition) is 1. The second-order valence-corrected chi connectivity index (χ2v) is 2.88. The molecule has 0 spiro atoms. The Hall–Kier alpha value is -1.36. The summed E-state index contributed by atoms with van der Waals surface area (Å²) < 4.78 is 9.55. The number of ether oxygens (including phenoxy) is 2. The fourth-order valence-electron chi connectivity index (χ4n) is 0.779. The molecular formula is C10H17NO4. The smallest absolute Gasteiger partial charge is 0.325 e. The van der Waals surface area contributed by atoms with Gasteiger partial charge in [-0.05, 0) is 13.3 Å². The van der Waals surface area contributed by atoms with Crippen LogP contribution in [0.25, 0.3) is 0 Å². The van der Waals surface area contributed by atoms with E-state index in [4.69, 9.17) is 4.74 Å². The lowest BCUT2D eigenvalue weighted by molar-refractivity contribution is -0.142. The highest BCUT2D eigenvalue weighted by Crippen LogP contribution is 1.93. The molecule has 0 aromatic rings. The number of nitrogens with one attached hydrogen (secondary N) is 1. The first-order valence-electron chi connectivity index (χ1n) is 4.68. The molecule has 0 aliphatic carbocycles. The van der Waals surface area contributed by atoms with Gasteiger partial charge in [-0.15, -0.1) is 6.58 Å². The third-order valence-corrected chi connectivity index (χ3v) is 1.69. The van der Waals surface area contributed by atoms with Crippen LogP contribution in [0, 0.1) is 0 Å². The van der Waals surface area contributed by atoms with Gasteiger partial charge >= 0.3 is 5.97 Å². The number of esters is 1. The summed E-state index contributed by atoms with van der Waals surface area (Å²) in [5.74, 6) is -0.814. The maximum atomic E-state index is 11.3. The van der Waals surface area contributed by atoms with Crippen LogP contribution in [-0.2, 0) is 19.1 Å². The quantitative estimate of drug-likeness (QED) is 0.376. The van der Waals surface area contributed by atoms with E-state index < -0.39 is 12.1 Å². The Morgan fingerprint density at radius 2 is 2.20 bits per heavy atom. The molecule has 0 aromatic carbocycles. The second-order valence-electron chi connectivity index (χ2n) is 2.88. The van der Waals surface area contributed by atoms with Crippen molar-refractivity contribution < 1.29 is 19.1 Å². The second kappa shape index (κ2) is 7.99. The van der Waals surface area contributed by atoms with Crippen LogP contribution in [0.15, 0.2) is 12.7 Å². The Morgan fingerprint density at radius 1 is 1.53 bits per heavy atom. The monoisotopic (exact) mass is 215 g/mol. The van der Waals surface area contributed by atoms with Crippen LogP contribution in [0.3, 0.4) is 0 Å². The summed E-state index contributed by atoms with van der Waals surface area (Å²) >= 11 is 0. The van der Waals surface area contributed by atoms with E-state index in [0.717, 1.165) is 0 Å². The van der Waals surface area contributed by atoms with Crippen LogP contribution in [0.4, 0.5) is 0 Å². The topological polar surface area (TPSA) is 64.6 Å². The minimum Gasteiger partial charge on any atom is -0.468 e. The highest BCUT2D eigenvalue weighted by Gasteiger charge is 2.13. The number of amides is 1. The van der Waals surface area contributed by atoms with E-state index in [2.05, 4.69) is 16.6 Å². The molecule has 15 heavy (non-hydrogen) atoms. The van der Waals surface area contributed by atoms with E-state index in [1.807, 2.05) is 0 Å². The van der Waals surface area contributed by atoms with Gasteiger partial charge in [0.2, 0.25) is 5.91 Å². The Kier molecular flexibility index (Phi) is 7.27. The lowest BCUT2D eigenvalue weighted by Gasteiger charge is -2.11. The predicted octanol–water partition coefficient (Wildman–Crippen LogP) is 0.257. The molecule has 1 unspecified atom stereocenters. The van der Waals surface area contributed by atoms with E-state index in [0.29, 0.717) is 13.0 Å². The number of hydrogen-bond acceptors (Lipinski definition) is 4. The van der Waals surface area contributed by atoms with Gasteiger partial charge in [0, 0.05) is 0 Å². The van der Waals surface area contributed by atoms with Gasteiger partial charge < -0.3 is 14.8 Å². The minimum absolute atomic E-state index is 0.134. The number of carbonyl (C=O) groups excluding carboxylic acids is 2. The van der Waals surface area contributed by atoms with Gasteiger partial charge in [0.05, 0.1) is 13.7 Å². The van der Waals surface area contributed by atoms with E-state index in [1.54, 1.807) is 13.0 Å².